The molecule has 3 aliphatic rings. The van der Waals surface area contributed by atoms with Gasteiger partial charge in [0.15, 0.2) is 0 Å². The highest BCUT2D eigenvalue weighted by Crippen LogP contribution is 2.39. The van der Waals surface area contributed by atoms with E-state index in [0.29, 0.717) is 17.1 Å². The highest BCUT2D eigenvalue weighted by atomic mass is 16.5. The normalized spacial score (nSPS) is 33.6. The summed E-state index contributed by atoms with van der Waals surface area (Å²) in [5.41, 5.74) is 0.774. The maximum atomic E-state index is 5.71. The molecule has 2 aliphatic heterocycles. The quantitative estimate of drug-likeness (QED) is 0.860. The molecule has 1 spiro atoms. The Morgan fingerprint density at radius 3 is 2.50 bits per heavy atom. The monoisotopic (exact) mass is 280 g/mol. The molecule has 3 rings (SSSR count). The van der Waals surface area contributed by atoms with Gasteiger partial charge in [-0.25, -0.2) is 0 Å². The van der Waals surface area contributed by atoms with Gasteiger partial charge >= 0.3 is 0 Å². The van der Waals surface area contributed by atoms with Crippen LogP contribution in [0.15, 0.2) is 0 Å². The zero-order chi connectivity index (χ0) is 14.1. The summed E-state index contributed by atoms with van der Waals surface area (Å²) in [6, 6.07) is 0.663. The summed E-state index contributed by atoms with van der Waals surface area (Å²) in [5, 5.41) is 4.00. The minimum Gasteiger partial charge on any atom is -0.380 e. The number of ether oxygens (including phenoxy) is 1. The Labute approximate surface area is 124 Å². The van der Waals surface area contributed by atoms with Crippen LogP contribution in [0.25, 0.3) is 0 Å². The lowest BCUT2D eigenvalue weighted by Gasteiger charge is -2.57. The van der Waals surface area contributed by atoms with Crippen LogP contribution in [-0.2, 0) is 4.74 Å². The third-order valence-corrected chi connectivity index (χ3v) is 6.35. The van der Waals surface area contributed by atoms with Crippen LogP contribution >= 0.6 is 0 Å². The van der Waals surface area contributed by atoms with E-state index in [9.17, 15) is 0 Å². The van der Waals surface area contributed by atoms with Crippen molar-refractivity contribution in [3.63, 3.8) is 0 Å². The van der Waals surface area contributed by atoms with Gasteiger partial charge < -0.3 is 10.1 Å². The fourth-order valence-corrected chi connectivity index (χ4v) is 4.76. The van der Waals surface area contributed by atoms with Crippen molar-refractivity contribution in [2.45, 2.75) is 82.3 Å². The molecule has 0 aromatic rings. The summed E-state index contributed by atoms with van der Waals surface area (Å²) in [6.45, 7) is 9.09. The molecule has 1 N–H and O–H groups in total. The van der Waals surface area contributed by atoms with Crippen LogP contribution < -0.4 is 5.32 Å². The number of rotatable bonds is 3. The summed E-state index contributed by atoms with van der Waals surface area (Å²) >= 11 is 0. The molecule has 0 amide bonds. The summed E-state index contributed by atoms with van der Waals surface area (Å²) in [6.07, 6.45) is 10.7. The molecule has 0 radical (unpaired) electrons. The van der Waals surface area contributed by atoms with Gasteiger partial charge in [0.1, 0.15) is 0 Å². The van der Waals surface area contributed by atoms with Crippen molar-refractivity contribution in [3.8, 4) is 0 Å². The smallest absolute Gasteiger partial charge is 0.0622 e. The minimum absolute atomic E-state index is 0.362. The van der Waals surface area contributed by atoms with Crippen LogP contribution in [0.1, 0.15) is 65.2 Å². The second-order valence-corrected chi connectivity index (χ2v) is 7.27. The number of nitrogens with zero attached hydrogens (tertiary/aromatic N) is 1. The second-order valence-electron chi connectivity index (χ2n) is 7.27. The lowest BCUT2D eigenvalue weighted by atomic mass is 9.75. The Morgan fingerprint density at radius 2 is 1.90 bits per heavy atom. The summed E-state index contributed by atoms with van der Waals surface area (Å²) in [4.78, 5) is 2.86. The molecule has 3 nitrogen and oxygen atoms in total. The van der Waals surface area contributed by atoms with Gasteiger partial charge in [-0.2, -0.15) is 0 Å². The van der Waals surface area contributed by atoms with E-state index in [2.05, 4.69) is 24.1 Å². The fraction of sp³-hybridized carbons (Fsp3) is 1.00. The van der Waals surface area contributed by atoms with Gasteiger partial charge in [0.2, 0.25) is 0 Å². The van der Waals surface area contributed by atoms with E-state index in [1.54, 1.807) is 0 Å². The number of hydrogen-bond donors (Lipinski definition) is 1. The second kappa shape index (κ2) is 5.94. The molecule has 3 fully saturated rings. The zero-order valence-electron chi connectivity index (χ0n) is 13.4. The van der Waals surface area contributed by atoms with Crippen LogP contribution in [0.3, 0.4) is 0 Å². The highest BCUT2D eigenvalue weighted by molar-refractivity contribution is 5.07. The average molecular weight is 280 g/mol. The molecular formula is C17H32N2O. The van der Waals surface area contributed by atoms with Crippen LogP contribution in [0.4, 0.5) is 0 Å². The van der Waals surface area contributed by atoms with E-state index in [0.717, 1.165) is 13.2 Å². The molecule has 1 saturated carbocycles. The molecule has 1 unspecified atom stereocenters. The van der Waals surface area contributed by atoms with Crippen LogP contribution in [0.5, 0.6) is 0 Å². The van der Waals surface area contributed by atoms with Crippen molar-refractivity contribution in [1.82, 2.24) is 10.2 Å². The topological polar surface area (TPSA) is 24.5 Å². The van der Waals surface area contributed by atoms with Gasteiger partial charge in [-0.15, -0.1) is 0 Å². The predicted octanol–water partition coefficient (Wildman–Crippen LogP) is 2.94. The Morgan fingerprint density at radius 1 is 1.15 bits per heavy atom. The molecule has 0 aromatic carbocycles. The van der Waals surface area contributed by atoms with E-state index in [-0.39, 0.29) is 0 Å². The summed E-state index contributed by atoms with van der Waals surface area (Å²) < 4.78 is 5.71. The van der Waals surface area contributed by atoms with Gasteiger partial charge in [-0.05, 0) is 32.1 Å². The fourth-order valence-electron chi connectivity index (χ4n) is 4.76. The molecule has 3 heteroatoms. The molecular weight excluding hydrogens is 248 g/mol. The van der Waals surface area contributed by atoms with E-state index in [1.165, 1.54) is 64.5 Å². The third kappa shape index (κ3) is 2.53. The Balaban J connectivity index is 1.81. The Hall–Kier alpha value is -0.120. The first-order valence-electron chi connectivity index (χ1n) is 8.83. The van der Waals surface area contributed by atoms with E-state index < -0.39 is 0 Å². The Bertz CT molecular complexity index is 315. The summed E-state index contributed by atoms with van der Waals surface area (Å²) in [7, 11) is 0. The highest BCUT2D eigenvalue weighted by Gasteiger charge is 2.48. The van der Waals surface area contributed by atoms with Crippen molar-refractivity contribution < 1.29 is 4.74 Å². The Kier molecular flexibility index (Phi) is 4.40. The van der Waals surface area contributed by atoms with E-state index >= 15 is 0 Å². The first-order valence-corrected chi connectivity index (χ1v) is 8.83. The molecule has 0 aromatic heterocycles. The minimum atomic E-state index is 0.362. The third-order valence-electron chi connectivity index (χ3n) is 6.35. The van der Waals surface area contributed by atoms with Gasteiger partial charge in [0, 0.05) is 36.8 Å². The maximum absolute atomic E-state index is 5.71. The van der Waals surface area contributed by atoms with Gasteiger partial charge in [0.25, 0.3) is 0 Å². The molecule has 2 saturated heterocycles. The van der Waals surface area contributed by atoms with E-state index in [1.807, 2.05) is 0 Å². The largest absolute Gasteiger partial charge is 0.380 e. The first-order chi connectivity index (χ1) is 9.74. The average Bonchev–Trinajstić information content (AvgIpc) is 3.03. The van der Waals surface area contributed by atoms with Crippen molar-refractivity contribution in [2.75, 3.05) is 26.3 Å². The number of piperazine rings is 1. The molecule has 20 heavy (non-hydrogen) atoms. The molecule has 116 valence electrons. The lowest BCUT2D eigenvalue weighted by Crippen LogP contribution is -2.72. The standard InChI is InChI=1S/C17H32N2O/c1-3-17(4-2)13-18-16(9-6-5-7-10-16)14-19(17)15-8-11-20-12-15/h15,18H,3-14H2,1-2H3. The van der Waals surface area contributed by atoms with Crippen molar-refractivity contribution in [2.24, 2.45) is 0 Å². The maximum Gasteiger partial charge on any atom is 0.0622 e. The van der Waals surface area contributed by atoms with Crippen LogP contribution in [0, 0.1) is 0 Å². The predicted molar refractivity (Wildman–Crippen MR) is 83.1 cm³/mol. The molecule has 1 atom stereocenters. The van der Waals surface area contributed by atoms with Gasteiger partial charge in [-0.3, -0.25) is 4.90 Å². The SMILES string of the molecule is CCC1(CC)CNC2(CCCCC2)CN1C1CCOC1. The van der Waals surface area contributed by atoms with Crippen molar-refractivity contribution in [1.29, 1.82) is 0 Å². The molecule has 2 heterocycles. The number of hydrogen-bond acceptors (Lipinski definition) is 3. The number of nitrogens with one attached hydrogen (secondary N) is 1. The van der Waals surface area contributed by atoms with E-state index in [4.69, 9.17) is 4.74 Å². The first kappa shape index (κ1) is 14.8. The van der Waals surface area contributed by atoms with Gasteiger partial charge in [-0.1, -0.05) is 33.1 Å². The van der Waals surface area contributed by atoms with Gasteiger partial charge in [0.05, 0.1) is 6.61 Å². The lowest BCUT2D eigenvalue weighted by molar-refractivity contribution is -0.0441. The zero-order valence-corrected chi connectivity index (χ0v) is 13.4. The molecule has 1 aliphatic carbocycles. The molecule has 0 bridgehead atoms. The van der Waals surface area contributed by atoms with Crippen molar-refractivity contribution >= 4 is 0 Å². The van der Waals surface area contributed by atoms with Crippen molar-refractivity contribution in [3.05, 3.63) is 0 Å². The van der Waals surface area contributed by atoms with Crippen LogP contribution in [0.2, 0.25) is 0 Å². The summed E-state index contributed by atoms with van der Waals surface area (Å²) in [5.74, 6) is 0. The van der Waals surface area contributed by atoms with Crippen LogP contribution in [-0.4, -0.2) is 48.3 Å².